The minimum Gasteiger partial charge on any atom is -0.434 e. The van der Waals surface area contributed by atoms with Crippen LogP contribution in [0.15, 0.2) is 17.2 Å². The van der Waals surface area contributed by atoms with Crippen molar-refractivity contribution >= 4 is 23.5 Å². The fourth-order valence-corrected chi connectivity index (χ4v) is 2.69. The second kappa shape index (κ2) is 8.89. The van der Waals surface area contributed by atoms with Crippen molar-refractivity contribution in [3.05, 3.63) is 28.8 Å². The lowest BCUT2D eigenvalue weighted by molar-refractivity contribution is -0.0507. The number of ether oxygens (including phenoxy) is 2. The summed E-state index contributed by atoms with van der Waals surface area (Å²) in [5.74, 6) is 0.198. The predicted molar refractivity (Wildman–Crippen MR) is 92.9 cm³/mol. The molecule has 2 N–H and O–H groups in total. The van der Waals surface area contributed by atoms with E-state index >= 15 is 0 Å². The van der Waals surface area contributed by atoms with Crippen molar-refractivity contribution in [3.8, 4) is 5.75 Å². The van der Waals surface area contributed by atoms with Gasteiger partial charge in [-0.05, 0) is 67.7 Å². The Morgan fingerprint density at radius 2 is 2.17 bits per heavy atom. The SMILES string of the molecule is Cc1cc(/C=N\NC(=S)NC[C@@H]2CCCO2)cc(C)c1OC(F)F. The number of hydrazone groups is 1. The van der Waals surface area contributed by atoms with Gasteiger partial charge in [0.05, 0.1) is 12.3 Å². The molecule has 1 heterocycles. The van der Waals surface area contributed by atoms with Crippen LogP contribution in [0.3, 0.4) is 0 Å². The number of nitrogens with zero attached hydrogens (tertiary/aromatic N) is 1. The summed E-state index contributed by atoms with van der Waals surface area (Å²) in [6, 6.07) is 3.44. The molecule has 1 saturated heterocycles. The molecular formula is C16H21F2N3O2S. The molecule has 1 aliphatic heterocycles. The molecule has 1 atom stereocenters. The summed E-state index contributed by atoms with van der Waals surface area (Å²) in [5.41, 5.74) is 4.73. The zero-order valence-electron chi connectivity index (χ0n) is 13.6. The van der Waals surface area contributed by atoms with E-state index in [0.29, 0.717) is 22.8 Å². The number of nitrogens with one attached hydrogen (secondary N) is 2. The summed E-state index contributed by atoms with van der Waals surface area (Å²) >= 11 is 5.13. The van der Waals surface area contributed by atoms with Crippen LogP contribution in [-0.2, 0) is 4.74 Å². The average Bonchev–Trinajstić information content (AvgIpc) is 3.02. The first-order chi connectivity index (χ1) is 11.5. The molecule has 1 aromatic rings. The first kappa shape index (κ1) is 18.5. The van der Waals surface area contributed by atoms with Crippen LogP contribution < -0.4 is 15.5 Å². The summed E-state index contributed by atoms with van der Waals surface area (Å²) in [7, 11) is 0. The highest BCUT2D eigenvalue weighted by Crippen LogP contribution is 2.25. The van der Waals surface area contributed by atoms with Gasteiger partial charge in [0.25, 0.3) is 0 Å². The van der Waals surface area contributed by atoms with Gasteiger partial charge >= 0.3 is 6.61 Å². The first-order valence-electron chi connectivity index (χ1n) is 7.70. The molecule has 1 aromatic carbocycles. The van der Waals surface area contributed by atoms with Crippen LogP contribution in [0.4, 0.5) is 8.78 Å². The molecule has 1 aliphatic rings. The zero-order valence-corrected chi connectivity index (χ0v) is 14.5. The molecule has 0 aromatic heterocycles. The van der Waals surface area contributed by atoms with Crippen LogP contribution in [0, 0.1) is 13.8 Å². The minimum atomic E-state index is -2.84. The van der Waals surface area contributed by atoms with Gasteiger partial charge in [0, 0.05) is 13.2 Å². The quantitative estimate of drug-likeness (QED) is 0.466. The molecule has 0 saturated carbocycles. The van der Waals surface area contributed by atoms with Crippen molar-refractivity contribution < 1.29 is 18.3 Å². The van der Waals surface area contributed by atoms with Crippen molar-refractivity contribution in [2.45, 2.75) is 39.4 Å². The number of thiocarbonyl (C=S) groups is 1. The third-order valence-corrected chi connectivity index (χ3v) is 3.82. The number of halogens is 2. The standard InChI is InChI=1S/C16H21F2N3O2S/c1-10-6-12(7-11(2)14(10)23-15(17)18)8-20-21-16(24)19-9-13-4-3-5-22-13/h6-8,13,15H,3-5,9H2,1-2H3,(H2,19,21,24)/b20-8-/t13-/m0/s1. The highest BCUT2D eigenvalue weighted by Gasteiger charge is 2.15. The van der Waals surface area contributed by atoms with E-state index in [2.05, 4.69) is 20.6 Å². The Balaban J connectivity index is 1.85. The molecule has 0 radical (unpaired) electrons. The molecule has 0 unspecified atom stereocenters. The number of hydrogen-bond donors (Lipinski definition) is 2. The van der Waals surface area contributed by atoms with Crippen LogP contribution in [0.5, 0.6) is 5.75 Å². The van der Waals surface area contributed by atoms with E-state index in [-0.39, 0.29) is 11.9 Å². The maximum atomic E-state index is 12.4. The highest BCUT2D eigenvalue weighted by molar-refractivity contribution is 7.80. The molecular weight excluding hydrogens is 336 g/mol. The molecule has 0 aliphatic carbocycles. The minimum absolute atomic E-state index is 0.196. The lowest BCUT2D eigenvalue weighted by Gasteiger charge is -2.12. The summed E-state index contributed by atoms with van der Waals surface area (Å²) < 4.78 is 34.7. The number of rotatable bonds is 6. The fraction of sp³-hybridized carbons (Fsp3) is 0.500. The van der Waals surface area contributed by atoms with Crippen LogP contribution >= 0.6 is 12.2 Å². The van der Waals surface area contributed by atoms with Gasteiger partial charge in [-0.25, -0.2) is 0 Å². The average molecular weight is 357 g/mol. The molecule has 2 rings (SSSR count). The van der Waals surface area contributed by atoms with Gasteiger partial charge < -0.3 is 14.8 Å². The summed E-state index contributed by atoms with van der Waals surface area (Å²) in [6.45, 7) is 2.04. The molecule has 0 spiro atoms. The monoisotopic (exact) mass is 357 g/mol. The van der Waals surface area contributed by atoms with Gasteiger partial charge in [0.2, 0.25) is 0 Å². The van der Waals surface area contributed by atoms with Crippen LogP contribution in [-0.4, -0.2) is 37.2 Å². The van der Waals surface area contributed by atoms with E-state index in [1.54, 1.807) is 32.2 Å². The Kier molecular flexibility index (Phi) is 6.86. The van der Waals surface area contributed by atoms with Gasteiger partial charge in [0.15, 0.2) is 5.11 Å². The Bertz CT molecular complexity index is 582. The lowest BCUT2D eigenvalue weighted by Crippen LogP contribution is -2.37. The summed E-state index contributed by atoms with van der Waals surface area (Å²) in [6.07, 6.45) is 3.88. The summed E-state index contributed by atoms with van der Waals surface area (Å²) in [5, 5.41) is 7.50. The van der Waals surface area contributed by atoms with Gasteiger partial charge in [-0.1, -0.05) is 0 Å². The molecule has 8 heteroatoms. The van der Waals surface area contributed by atoms with Crippen molar-refractivity contribution in [1.29, 1.82) is 0 Å². The normalized spacial score (nSPS) is 17.5. The Labute approximate surface area is 145 Å². The van der Waals surface area contributed by atoms with E-state index in [9.17, 15) is 8.78 Å². The predicted octanol–water partition coefficient (Wildman–Crippen LogP) is 2.88. The second-order valence-electron chi connectivity index (χ2n) is 5.58. The molecule has 0 amide bonds. The Morgan fingerprint density at radius 1 is 1.46 bits per heavy atom. The number of alkyl halides is 2. The van der Waals surface area contributed by atoms with Gasteiger partial charge in [-0.3, -0.25) is 5.43 Å². The van der Waals surface area contributed by atoms with Crippen LogP contribution in [0.1, 0.15) is 29.5 Å². The maximum absolute atomic E-state index is 12.4. The van der Waals surface area contributed by atoms with Crippen molar-refractivity contribution in [2.75, 3.05) is 13.2 Å². The van der Waals surface area contributed by atoms with E-state index in [4.69, 9.17) is 17.0 Å². The van der Waals surface area contributed by atoms with Gasteiger partial charge in [0.1, 0.15) is 5.75 Å². The van der Waals surface area contributed by atoms with Crippen LogP contribution in [0.2, 0.25) is 0 Å². The molecule has 132 valence electrons. The largest absolute Gasteiger partial charge is 0.434 e. The van der Waals surface area contributed by atoms with E-state index in [1.165, 1.54) is 0 Å². The topological polar surface area (TPSA) is 54.9 Å². The first-order valence-corrected chi connectivity index (χ1v) is 8.11. The second-order valence-corrected chi connectivity index (χ2v) is 5.99. The molecule has 0 bridgehead atoms. The van der Waals surface area contributed by atoms with Gasteiger partial charge in [-0.2, -0.15) is 13.9 Å². The summed E-state index contributed by atoms with van der Waals surface area (Å²) in [4.78, 5) is 0. The third-order valence-electron chi connectivity index (χ3n) is 3.58. The van der Waals surface area contributed by atoms with E-state index < -0.39 is 6.61 Å². The van der Waals surface area contributed by atoms with Gasteiger partial charge in [-0.15, -0.1) is 0 Å². The van der Waals surface area contributed by atoms with Crippen LogP contribution in [0.25, 0.3) is 0 Å². The number of benzene rings is 1. The maximum Gasteiger partial charge on any atom is 0.387 e. The molecule has 1 fully saturated rings. The third kappa shape index (κ3) is 5.68. The van der Waals surface area contributed by atoms with Crippen molar-refractivity contribution in [3.63, 3.8) is 0 Å². The smallest absolute Gasteiger partial charge is 0.387 e. The zero-order chi connectivity index (χ0) is 17.5. The van der Waals surface area contributed by atoms with Crippen molar-refractivity contribution in [2.24, 2.45) is 5.10 Å². The molecule has 24 heavy (non-hydrogen) atoms. The lowest BCUT2D eigenvalue weighted by atomic mass is 10.1. The highest BCUT2D eigenvalue weighted by atomic mass is 32.1. The Morgan fingerprint density at radius 3 is 2.75 bits per heavy atom. The van der Waals surface area contributed by atoms with E-state index in [0.717, 1.165) is 25.0 Å². The van der Waals surface area contributed by atoms with Crippen molar-refractivity contribution in [1.82, 2.24) is 10.7 Å². The number of hydrogen-bond acceptors (Lipinski definition) is 4. The molecule has 5 nitrogen and oxygen atoms in total. The van der Waals surface area contributed by atoms with E-state index in [1.807, 2.05) is 0 Å². The number of aryl methyl sites for hydroxylation is 2. The Hall–Kier alpha value is -1.80. The fourth-order valence-electron chi connectivity index (χ4n) is 2.55.